The number of esters is 1. The number of hydrogen-bond donors (Lipinski definition) is 9. The van der Waals surface area contributed by atoms with Gasteiger partial charge in [-0.3, -0.25) is 4.79 Å². The molecule has 0 spiro atoms. The summed E-state index contributed by atoms with van der Waals surface area (Å²) in [4.78, 5) is 28.0. The van der Waals surface area contributed by atoms with Crippen molar-refractivity contribution in [3.63, 3.8) is 0 Å². The van der Waals surface area contributed by atoms with E-state index in [2.05, 4.69) is 16.0 Å². The van der Waals surface area contributed by atoms with Crippen LogP contribution in [-0.4, -0.2) is 126 Å². The van der Waals surface area contributed by atoms with Crippen LogP contribution in [0.2, 0.25) is 0 Å². The van der Waals surface area contributed by atoms with Crippen molar-refractivity contribution >= 4 is 11.8 Å². The Morgan fingerprint density at radius 1 is 1.05 bits per heavy atom. The lowest BCUT2D eigenvalue weighted by atomic mass is 9.53. The number of hydrogen-bond acceptors (Lipinski definition) is 14. The minimum Gasteiger partial charge on any atom is -0.456 e. The SMILES string of the molecule is CC=C(CNCC)C(=O)OC1CC2C(O)C3C(=O)CC(CO)OC3C(C(C3CCNC(N)C3)C(CO)C3CCCC(O)C3)C2OC1(C)CCC1CCC(N)NC1. The zero-order chi connectivity index (χ0) is 40.1. The first-order valence-electron chi connectivity index (χ1n) is 21.9. The number of rotatable bonds is 14. The monoisotopic (exact) mass is 792 g/mol. The molecule has 6 aliphatic rings. The Hall–Kier alpha value is -1.56. The fourth-order valence-electron chi connectivity index (χ4n) is 11.7. The number of nitrogens with one attached hydrogen (secondary N) is 3. The van der Waals surface area contributed by atoms with Gasteiger partial charge in [-0.25, -0.2) is 4.79 Å². The molecular formula is C42H73N5O9. The van der Waals surface area contributed by atoms with Crippen molar-refractivity contribution in [1.29, 1.82) is 0 Å². The van der Waals surface area contributed by atoms with Gasteiger partial charge >= 0.3 is 5.97 Å². The molecule has 0 radical (unpaired) electrons. The van der Waals surface area contributed by atoms with Gasteiger partial charge in [0.2, 0.25) is 0 Å². The van der Waals surface area contributed by atoms with Crippen molar-refractivity contribution < 1.29 is 44.2 Å². The summed E-state index contributed by atoms with van der Waals surface area (Å²) in [6, 6.07) is 0. The minimum atomic E-state index is -1.13. The van der Waals surface area contributed by atoms with E-state index in [0.717, 1.165) is 51.5 Å². The van der Waals surface area contributed by atoms with E-state index >= 15 is 0 Å². The van der Waals surface area contributed by atoms with Gasteiger partial charge in [0.25, 0.3) is 0 Å². The Labute approximate surface area is 333 Å². The summed E-state index contributed by atoms with van der Waals surface area (Å²) in [6.07, 6.45) is 5.05. The minimum absolute atomic E-state index is 0.00881. The highest BCUT2D eigenvalue weighted by molar-refractivity contribution is 5.89. The van der Waals surface area contributed by atoms with Crippen LogP contribution in [0.5, 0.6) is 0 Å². The second-order valence-electron chi connectivity index (χ2n) is 18.3. The van der Waals surface area contributed by atoms with Crippen LogP contribution in [0.3, 0.4) is 0 Å². The number of piperidine rings is 2. The normalized spacial score (nSPS) is 43.3. The Balaban J connectivity index is 1.43. The molecule has 0 bridgehead atoms. The van der Waals surface area contributed by atoms with Gasteiger partial charge in [0, 0.05) is 37.0 Å². The third-order valence-corrected chi connectivity index (χ3v) is 14.8. The Morgan fingerprint density at radius 3 is 2.52 bits per heavy atom. The molecule has 17 atom stereocenters. The van der Waals surface area contributed by atoms with E-state index in [0.29, 0.717) is 56.8 Å². The van der Waals surface area contributed by atoms with Gasteiger partial charge in [0.1, 0.15) is 17.5 Å². The summed E-state index contributed by atoms with van der Waals surface area (Å²) in [5.41, 5.74) is 12.3. The fourth-order valence-corrected chi connectivity index (χ4v) is 11.7. The first kappa shape index (κ1) is 44.0. The highest BCUT2D eigenvalue weighted by Crippen LogP contribution is 2.56. The molecule has 17 unspecified atom stereocenters. The maximum atomic E-state index is 14.2. The molecule has 6 fully saturated rings. The van der Waals surface area contributed by atoms with E-state index in [1.807, 2.05) is 20.8 Å². The van der Waals surface area contributed by atoms with Crippen LogP contribution in [0.15, 0.2) is 11.6 Å². The molecule has 4 saturated heterocycles. The van der Waals surface area contributed by atoms with E-state index in [9.17, 15) is 30.0 Å². The summed E-state index contributed by atoms with van der Waals surface area (Å²) >= 11 is 0. The van der Waals surface area contributed by atoms with Crippen molar-refractivity contribution in [2.45, 2.75) is 152 Å². The number of likely N-dealkylation sites (N-methyl/N-ethyl adjacent to an activating group) is 1. The quantitative estimate of drug-likeness (QED) is 0.0886. The van der Waals surface area contributed by atoms with Crippen LogP contribution in [0.1, 0.15) is 97.8 Å². The zero-order valence-corrected chi connectivity index (χ0v) is 34.0. The Bertz CT molecular complexity index is 1330. The van der Waals surface area contributed by atoms with Crippen molar-refractivity contribution in [2.75, 3.05) is 39.4 Å². The Kier molecular flexibility index (Phi) is 15.5. The fraction of sp³-hybridized carbons (Fsp3) is 0.905. The molecule has 14 heteroatoms. The molecule has 0 aromatic carbocycles. The highest BCUT2D eigenvalue weighted by Gasteiger charge is 2.64. The molecule has 320 valence electrons. The number of carbonyl (C=O) groups is 2. The van der Waals surface area contributed by atoms with E-state index in [4.69, 9.17) is 25.7 Å². The Morgan fingerprint density at radius 2 is 1.86 bits per heavy atom. The molecule has 4 aliphatic heterocycles. The highest BCUT2D eigenvalue weighted by atomic mass is 16.6. The van der Waals surface area contributed by atoms with Gasteiger partial charge in [-0.15, -0.1) is 0 Å². The first-order chi connectivity index (χ1) is 26.9. The summed E-state index contributed by atoms with van der Waals surface area (Å²) in [7, 11) is 0. The molecule has 4 heterocycles. The van der Waals surface area contributed by atoms with Crippen molar-refractivity contribution in [2.24, 2.45) is 58.8 Å². The maximum absolute atomic E-state index is 14.2. The summed E-state index contributed by atoms with van der Waals surface area (Å²) in [5, 5.41) is 55.1. The number of aliphatic hydroxyl groups excluding tert-OH is 4. The average Bonchev–Trinajstić information content (AvgIpc) is 3.18. The lowest BCUT2D eigenvalue weighted by Gasteiger charge is -2.61. The third-order valence-electron chi connectivity index (χ3n) is 14.8. The summed E-state index contributed by atoms with van der Waals surface area (Å²) in [6.45, 7) is 7.92. The molecule has 6 rings (SSSR count). The molecule has 0 aromatic heterocycles. The zero-order valence-electron chi connectivity index (χ0n) is 34.0. The topological polar surface area (TPSA) is 231 Å². The molecule has 14 nitrogen and oxygen atoms in total. The maximum Gasteiger partial charge on any atom is 0.335 e. The van der Waals surface area contributed by atoms with E-state index in [1.165, 1.54) is 0 Å². The van der Waals surface area contributed by atoms with E-state index < -0.39 is 65.9 Å². The predicted molar refractivity (Wildman–Crippen MR) is 211 cm³/mol. The van der Waals surface area contributed by atoms with Crippen LogP contribution in [0, 0.1) is 47.3 Å². The number of fused-ring (bicyclic) bond motifs is 2. The molecule has 2 aliphatic carbocycles. The predicted octanol–water partition coefficient (Wildman–Crippen LogP) is 1.07. The lowest BCUT2D eigenvalue weighted by Crippen LogP contribution is -2.70. The van der Waals surface area contributed by atoms with Crippen LogP contribution >= 0.6 is 0 Å². The van der Waals surface area contributed by atoms with E-state index in [1.54, 1.807) is 6.08 Å². The second kappa shape index (κ2) is 19.7. The van der Waals surface area contributed by atoms with Crippen LogP contribution in [-0.2, 0) is 23.8 Å². The molecule has 11 N–H and O–H groups in total. The van der Waals surface area contributed by atoms with Crippen LogP contribution in [0.4, 0.5) is 0 Å². The average molecular weight is 792 g/mol. The van der Waals surface area contributed by atoms with Gasteiger partial charge in [0.05, 0.1) is 55.4 Å². The smallest absolute Gasteiger partial charge is 0.335 e. The summed E-state index contributed by atoms with van der Waals surface area (Å²) < 4.78 is 20.7. The van der Waals surface area contributed by atoms with Gasteiger partial charge < -0.3 is 62.1 Å². The van der Waals surface area contributed by atoms with Gasteiger partial charge in [0.15, 0.2) is 0 Å². The third kappa shape index (κ3) is 9.73. The molecule has 0 aromatic rings. The number of ether oxygens (including phenoxy) is 3. The van der Waals surface area contributed by atoms with Gasteiger partial charge in [-0.05, 0) is 127 Å². The number of aliphatic hydroxyl groups is 4. The van der Waals surface area contributed by atoms with Crippen molar-refractivity contribution in [3.8, 4) is 0 Å². The van der Waals surface area contributed by atoms with Crippen LogP contribution < -0.4 is 27.4 Å². The lowest BCUT2D eigenvalue weighted by molar-refractivity contribution is -0.296. The van der Waals surface area contributed by atoms with Gasteiger partial charge in [-0.2, -0.15) is 0 Å². The number of carbonyl (C=O) groups excluding carboxylic acids is 2. The molecule has 56 heavy (non-hydrogen) atoms. The largest absolute Gasteiger partial charge is 0.456 e. The second-order valence-corrected chi connectivity index (χ2v) is 18.3. The number of ketones is 1. The first-order valence-corrected chi connectivity index (χ1v) is 21.9. The van der Waals surface area contributed by atoms with Crippen molar-refractivity contribution in [3.05, 3.63) is 11.6 Å². The molecule has 0 amide bonds. The number of allylic oxidation sites excluding steroid dienone is 1. The van der Waals surface area contributed by atoms with Crippen molar-refractivity contribution in [1.82, 2.24) is 16.0 Å². The molecule has 2 saturated carbocycles. The molecular weight excluding hydrogens is 718 g/mol. The number of Topliss-reactive ketones (excluding diaryl/α,β-unsaturated/α-hetero) is 1. The van der Waals surface area contributed by atoms with Crippen LogP contribution in [0.25, 0.3) is 0 Å². The standard InChI is InChI=1S/C42H73N5O9/c1-4-24(20-45-5-2)41(53)55-32-18-29-38(52)36-31(51)17-28(21-48)54-40(36)37(39(29)56-42(32,3)13-11-23-9-10-33(43)47-19-23)35(26-12-14-46-34(44)16-26)30(22-49)25-7-6-8-27(50)15-25/h4,23,25-30,32-40,45-50,52H,5-22,43-44H2,1-3H3. The number of nitrogens with two attached hydrogens (primary N) is 2. The van der Waals surface area contributed by atoms with Gasteiger partial charge in [-0.1, -0.05) is 19.4 Å². The van der Waals surface area contributed by atoms with E-state index in [-0.39, 0.29) is 61.4 Å². The summed E-state index contributed by atoms with van der Waals surface area (Å²) in [5.74, 6) is -2.56.